The fraction of sp³-hybridized carbons (Fsp3) is 0.0909. The van der Waals surface area contributed by atoms with Crippen molar-refractivity contribution in [3.8, 4) is 11.5 Å². The van der Waals surface area contributed by atoms with Crippen LogP contribution in [-0.4, -0.2) is 25.2 Å². The minimum Gasteiger partial charge on any atom is -0.419 e. The molecule has 0 radical (unpaired) electrons. The fourth-order valence-electron chi connectivity index (χ4n) is 1.59. The summed E-state index contributed by atoms with van der Waals surface area (Å²) >= 11 is 3.44. The maximum atomic E-state index is 5.58. The molecule has 0 fully saturated rings. The molecule has 0 amide bonds. The Balaban J connectivity index is 1.86. The van der Waals surface area contributed by atoms with Crippen molar-refractivity contribution in [1.29, 1.82) is 0 Å². The Kier molecular flexibility index (Phi) is 3.00. The highest BCUT2D eigenvalue weighted by atomic mass is 79.9. The van der Waals surface area contributed by atoms with Crippen molar-refractivity contribution >= 4 is 21.7 Å². The first-order chi connectivity index (χ1) is 9.22. The Morgan fingerprint density at radius 1 is 1.21 bits per heavy atom. The monoisotopic (exact) mass is 320 g/mol. The minimum atomic E-state index is 0.335. The van der Waals surface area contributed by atoms with Gasteiger partial charge < -0.3 is 10.2 Å². The molecule has 0 saturated carbocycles. The molecule has 0 saturated heterocycles. The molecule has 8 heteroatoms. The molecule has 0 bridgehead atoms. The second kappa shape index (κ2) is 4.81. The summed E-state index contributed by atoms with van der Waals surface area (Å²) in [6.07, 6.45) is 1.60. The highest BCUT2D eigenvalue weighted by Gasteiger charge is 2.11. The summed E-state index contributed by atoms with van der Waals surface area (Å²) < 4.78 is 8.01. The Morgan fingerprint density at radius 3 is 2.79 bits per heavy atom. The summed E-state index contributed by atoms with van der Waals surface area (Å²) in [4.78, 5) is 0. The topological polar surface area (TPSA) is 95.7 Å². The molecule has 0 unspecified atom stereocenters. The van der Waals surface area contributed by atoms with Crippen LogP contribution in [0.15, 0.2) is 39.4 Å². The van der Waals surface area contributed by atoms with Crippen molar-refractivity contribution in [3.05, 3.63) is 40.8 Å². The zero-order valence-electron chi connectivity index (χ0n) is 9.69. The van der Waals surface area contributed by atoms with Crippen molar-refractivity contribution in [2.24, 2.45) is 0 Å². The second-order valence-electron chi connectivity index (χ2n) is 3.82. The lowest BCUT2D eigenvalue weighted by molar-refractivity contribution is 0.469. The van der Waals surface area contributed by atoms with E-state index < -0.39 is 0 Å². The van der Waals surface area contributed by atoms with Crippen LogP contribution in [0.2, 0.25) is 0 Å². The largest absolute Gasteiger partial charge is 0.419 e. The van der Waals surface area contributed by atoms with E-state index in [1.54, 1.807) is 6.20 Å². The van der Waals surface area contributed by atoms with E-state index in [0.29, 0.717) is 24.1 Å². The standard InChI is InChI=1S/C11H9BrN6O/c12-8-4-2-1-3-7(8)11-16-15-10(19-11)6-18-5-9(13)14-17-18/h1-5H,6,13H2. The van der Waals surface area contributed by atoms with Gasteiger partial charge in [-0.2, -0.15) is 0 Å². The highest BCUT2D eigenvalue weighted by Crippen LogP contribution is 2.26. The molecule has 0 spiro atoms. The van der Waals surface area contributed by atoms with E-state index in [2.05, 4.69) is 36.4 Å². The van der Waals surface area contributed by atoms with Gasteiger partial charge in [0.2, 0.25) is 11.8 Å². The molecule has 0 aliphatic rings. The Labute approximate surface area is 116 Å². The summed E-state index contributed by atoms with van der Waals surface area (Å²) in [5.74, 6) is 1.25. The van der Waals surface area contributed by atoms with Gasteiger partial charge in [-0.1, -0.05) is 17.3 Å². The van der Waals surface area contributed by atoms with E-state index in [-0.39, 0.29) is 0 Å². The van der Waals surface area contributed by atoms with Crippen LogP contribution < -0.4 is 5.73 Å². The van der Waals surface area contributed by atoms with Crippen molar-refractivity contribution in [3.63, 3.8) is 0 Å². The Hall–Kier alpha value is -2.22. The van der Waals surface area contributed by atoms with Crippen LogP contribution in [0.4, 0.5) is 5.82 Å². The summed E-state index contributed by atoms with van der Waals surface area (Å²) in [6, 6.07) is 7.64. The number of anilines is 1. The van der Waals surface area contributed by atoms with Crippen LogP contribution in [-0.2, 0) is 6.54 Å². The van der Waals surface area contributed by atoms with Crippen molar-refractivity contribution < 1.29 is 4.42 Å². The summed E-state index contributed by atoms with van der Waals surface area (Å²) in [7, 11) is 0. The van der Waals surface area contributed by atoms with E-state index in [4.69, 9.17) is 10.2 Å². The Morgan fingerprint density at radius 2 is 2.05 bits per heavy atom. The molecule has 96 valence electrons. The molecule has 7 nitrogen and oxygen atoms in total. The van der Waals surface area contributed by atoms with Gasteiger partial charge in [0, 0.05) is 4.47 Å². The van der Waals surface area contributed by atoms with Gasteiger partial charge in [-0.25, -0.2) is 4.68 Å². The van der Waals surface area contributed by atoms with E-state index in [9.17, 15) is 0 Å². The van der Waals surface area contributed by atoms with Gasteiger partial charge in [-0.3, -0.25) is 0 Å². The smallest absolute Gasteiger partial charge is 0.248 e. The normalized spacial score (nSPS) is 10.8. The zero-order chi connectivity index (χ0) is 13.2. The van der Waals surface area contributed by atoms with E-state index in [1.807, 2.05) is 24.3 Å². The van der Waals surface area contributed by atoms with Crippen LogP contribution in [0.5, 0.6) is 0 Å². The highest BCUT2D eigenvalue weighted by molar-refractivity contribution is 9.10. The summed E-state index contributed by atoms with van der Waals surface area (Å²) in [5.41, 5.74) is 6.33. The third kappa shape index (κ3) is 2.48. The molecular formula is C11H9BrN6O. The Bertz CT molecular complexity index is 707. The number of nitrogens with zero attached hydrogens (tertiary/aromatic N) is 5. The van der Waals surface area contributed by atoms with Crippen LogP contribution in [0.3, 0.4) is 0 Å². The van der Waals surface area contributed by atoms with Gasteiger partial charge in [0.05, 0.1) is 11.8 Å². The molecule has 2 aromatic heterocycles. The number of rotatable bonds is 3. The molecule has 19 heavy (non-hydrogen) atoms. The van der Waals surface area contributed by atoms with E-state index in [0.717, 1.165) is 10.0 Å². The first-order valence-corrected chi connectivity index (χ1v) is 6.24. The predicted molar refractivity (Wildman–Crippen MR) is 71.0 cm³/mol. The maximum absolute atomic E-state index is 5.58. The van der Waals surface area contributed by atoms with Crippen LogP contribution in [0, 0.1) is 0 Å². The van der Waals surface area contributed by atoms with Crippen LogP contribution in [0.1, 0.15) is 5.89 Å². The fourth-order valence-corrected chi connectivity index (χ4v) is 2.04. The lowest BCUT2D eigenvalue weighted by Crippen LogP contribution is -2.00. The quantitative estimate of drug-likeness (QED) is 0.789. The van der Waals surface area contributed by atoms with Gasteiger partial charge in [0.1, 0.15) is 6.54 Å². The lowest BCUT2D eigenvalue weighted by Gasteiger charge is -1.97. The molecule has 2 N–H and O–H groups in total. The average Bonchev–Trinajstić information content (AvgIpc) is 3.00. The van der Waals surface area contributed by atoms with Crippen molar-refractivity contribution in [2.75, 3.05) is 5.73 Å². The predicted octanol–water partition coefficient (Wildman–Crippen LogP) is 1.72. The number of nitrogen functional groups attached to an aromatic ring is 1. The molecule has 3 aromatic rings. The number of benzene rings is 1. The van der Waals surface area contributed by atoms with Gasteiger partial charge in [0.15, 0.2) is 5.82 Å². The molecule has 0 atom stereocenters. The molecule has 3 rings (SSSR count). The molecule has 0 aliphatic heterocycles. The third-order valence-corrected chi connectivity index (χ3v) is 3.12. The number of hydrogen-bond donors (Lipinski definition) is 1. The first kappa shape index (κ1) is 11.8. The van der Waals surface area contributed by atoms with Gasteiger partial charge in [-0.05, 0) is 28.1 Å². The van der Waals surface area contributed by atoms with Crippen molar-refractivity contribution in [2.45, 2.75) is 6.54 Å². The van der Waals surface area contributed by atoms with Gasteiger partial charge in [-0.15, -0.1) is 15.3 Å². The molecule has 0 aliphatic carbocycles. The number of halogens is 1. The molecule has 1 aromatic carbocycles. The molecule has 2 heterocycles. The van der Waals surface area contributed by atoms with Gasteiger partial charge in [0.25, 0.3) is 0 Å². The summed E-state index contributed by atoms with van der Waals surface area (Å²) in [6.45, 7) is 0.335. The van der Waals surface area contributed by atoms with E-state index in [1.165, 1.54) is 4.68 Å². The second-order valence-corrected chi connectivity index (χ2v) is 4.68. The van der Waals surface area contributed by atoms with Crippen molar-refractivity contribution in [1.82, 2.24) is 25.2 Å². The zero-order valence-corrected chi connectivity index (χ0v) is 11.3. The lowest BCUT2D eigenvalue weighted by atomic mass is 10.2. The van der Waals surface area contributed by atoms with E-state index >= 15 is 0 Å². The number of aromatic nitrogens is 5. The van der Waals surface area contributed by atoms with Gasteiger partial charge >= 0.3 is 0 Å². The SMILES string of the molecule is Nc1cn(Cc2nnc(-c3ccccc3Br)o2)nn1. The first-order valence-electron chi connectivity index (χ1n) is 5.45. The molecular weight excluding hydrogens is 312 g/mol. The van der Waals surface area contributed by atoms with Crippen LogP contribution >= 0.6 is 15.9 Å². The number of nitrogens with two attached hydrogens (primary N) is 1. The third-order valence-electron chi connectivity index (χ3n) is 2.42. The maximum Gasteiger partial charge on any atom is 0.248 e. The minimum absolute atomic E-state index is 0.335. The number of hydrogen-bond acceptors (Lipinski definition) is 6. The average molecular weight is 321 g/mol. The van der Waals surface area contributed by atoms with Crippen LogP contribution in [0.25, 0.3) is 11.5 Å². The summed E-state index contributed by atoms with van der Waals surface area (Å²) in [5, 5.41) is 15.5.